The zero-order chi connectivity index (χ0) is 10.1. The van der Waals surface area contributed by atoms with Gasteiger partial charge in [-0.2, -0.15) is 5.10 Å². The lowest BCUT2D eigenvalue weighted by atomic mass is 10.4. The largest absolute Gasteiger partial charge is 0.372 e. The van der Waals surface area contributed by atoms with E-state index >= 15 is 0 Å². The molecule has 0 amide bonds. The molecule has 14 heavy (non-hydrogen) atoms. The van der Waals surface area contributed by atoms with Crippen molar-refractivity contribution in [1.29, 1.82) is 0 Å². The SMILES string of the molecule is CNc1cc(NC2CC2)n(C(C)C)n1. The fourth-order valence-electron chi connectivity index (χ4n) is 1.45. The highest BCUT2D eigenvalue weighted by Gasteiger charge is 2.23. The number of hydrogen-bond acceptors (Lipinski definition) is 3. The van der Waals surface area contributed by atoms with Crippen molar-refractivity contribution in [3.05, 3.63) is 6.07 Å². The molecule has 0 bridgehead atoms. The summed E-state index contributed by atoms with van der Waals surface area (Å²) < 4.78 is 2.03. The van der Waals surface area contributed by atoms with E-state index in [4.69, 9.17) is 0 Å². The van der Waals surface area contributed by atoms with Gasteiger partial charge in [0.2, 0.25) is 0 Å². The molecule has 1 heterocycles. The highest BCUT2D eigenvalue weighted by molar-refractivity contribution is 5.49. The molecule has 1 aromatic rings. The Morgan fingerprint density at radius 2 is 2.21 bits per heavy atom. The Hall–Kier alpha value is -1.19. The summed E-state index contributed by atoms with van der Waals surface area (Å²) in [5, 5.41) is 11.0. The standard InChI is InChI=1S/C10H18N4/c1-7(2)14-10(12-8-4-5-8)6-9(11-3)13-14/h6-8,12H,4-5H2,1-3H3,(H,11,13). The number of nitrogens with one attached hydrogen (secondary N) is 2. The van der Waals surface area contributed by atoms with E-state index in [1.165, 1.54) is 12.8 Å². The average Bonchev–Trinajstić information content (AvgIpc) is 2.83. The number of nitrogens with zero attached hydrogens (tertiary/aromatic N) is 2. The molecule has 1 aromatic heterocycles. The third kappa shape index (κ3) is 1.84. The molecule has 1 saturated carbocycles. The van der Waals surface area contributed by atoms with Crippen LogP contribution in [0.4, 0.5) is 11.6 Å². The van der Waals surface area contributed by atoms with Crippen molar-refractivity contribution < 1.29 is 0 Å². The van der Waals surface area contributed by atoms with Crippen LogP contribution in [-0.4, -0.2) is 22.9 Å². The van der Waals surface area contributed by atoms with Crippen molar-refractivity contribution in [2.45, 2.75) is 38.8 Å². The lowest BCUT2D eigenvalue weighted by Crippen LogP contribution is -2.11. The molecule has 78 valence electrons. The van der Waals surface area contributed by atoms with Gasteiger partial charge in [0.15, 0.2) is 0 Å². The van der Waals surface area contributed by atoms with Crippen LogP contribution in [0, 0.1) is 0 Å². The van der Waals surface area contributed by atoms with Crippen LogP contribution in [0.5, 0.6) is 0 Å². The summed E-state index contributed by atoms with van der Waals surface area (Å²) in [4.78, 5) is 0. The summed E-state index contributed by atoms with van der Waals surface area (Å²) in [6.07, 6.45) is 2.58. The molecule has 1 fully saturated rings. The number of anilines is 2. The van der Waals surface area contributed by atoms with Gasteiger partial charge in [-0.1, -0.05) is 0 Å². The molecule has 2 N–H and O–H groups in total. The fraction of sp³-hybridized carbons (Fsp3) is 0.700. The Morgan fingerprint density at radius 3 is 2.71 bits per heavy atom. The van der Waals surface area contributed by atoms with E-state index < -0.39 is 0 Å². The predicted molar refractivity (Wildman–Crippen MR) is 58.8 cm³/mol. The van der Waals surface area contributed by atoms with E-state index in [-0.39, 0.29) is 0 Å². The van der Waals surface area contributed by atoms with E-state index in [1.54, 1.807) is 0 Å². The van der Waals surface area contributed by atoms with Crippen LogP contribution in [0.2, 0.25) is 0 Å². The molecular formula is C10H18N4. The topological polar surface area (TPSA) is 41.9 Å². The van der Waals surface area contributed by atoms with Crippen molar-refractivity contribution in [3.8, 4) is 0 Å². The molecule has 0 radical (unpaired) electrons. The van der Waals surface area contributed by atoms with Gasteiger partial charge in [-0.15, -0.1) is 0 Å². The van der Waals surface area contributed by atoms with E-state index in [0.717, 1.165) is 11.6 Å². The first kappa shape index (κ1) is 9.37. The maximum Gasteiger partial charge on any atom is 0.149 e. The average molecular weight is 194 g/mol. The monoisotopic (exact) mass is 194 g/mol. The van der Waals surface area contributed by atoms with Crippen molar-refractivity contribution in [2.75, 3.05) is 17.7 Å². The summed E-state index contributed by atoms with van der Waals surface area (Å²) >= 11 is 0. The van der Waals surface area contributed by atoms with Gasteiger partial charge < -0.3 is 10.6 Å². The van der Waals surface area contributed by atoms with Crippen molar-refractivity contribution in [2.24, 2.45) is 0 Å². The van der Waals surface area contributed by atoms with Gasteiger partial charge in [0, 0.05) is 25.2 Å². The first-order valence-corrected chi connectivity index (χ1v) is 5.24. The maximum absolute atomic E-state index is 4.45. The van der Waals surface area contributed by atoms with Crippen LogP contribution in [0.1, 0.15) is 32.7 Å². The second-order valence-corrected chi connectivity index (χ2v) is 4.12. The second kappa shape index (κ2) is 3.52. The van der Waals surface area contributed by atoms with Crippen molar-refractivity contribution in [1.82, 2.24) is 9.78 Å². The third-order valence-corrected chi connectivity index (χ3v) is 2.41. The Bertz CT molecular complexity index is 312. The Labute approximate surface area is 84.7 Å². The smallest absolute Gasteiger partial charge is 0.149 e. The highest BCUT2D eigenvalue weighted by Crippen LogP contribution is 2.27. The third-order valence-electron chi connectivity index (χ3n) is 2.41. The summed E-state index contributed by atoms with van der Waals surface area (Å²) in [5.41, 5.74) is 0. The Morgan fingerprint density at radius 1 is 1.50 bits per heavy atom. The fourth-order valence-corrected chi connectivity index (χ4v) is 1.45. The first-order valence-electron chi connectivity index (χ1n) is 5.24. The van der Waals surface area contributed by atoms with Gasteiger partial charge in [0.05, 0.1) is 0 Å². The molecule has 4 nitrogen and oxygen atoms in total. The minimum Gasteiger partial charge on any atom is -0.372 e. The molecule has 0 atom stereocenters. The molecular weight excluding hydrogens is 176 g/mol. The molecule has 1 aliphatic carbocycles. The van der Waals surface area contributed by atoms with Crippen LogP contribution in [-0.2, 0) is 0 Å². The molecule has 0 aromatic carbocycles. The molecule has 0 saturated heterocycles. The minimum absolute atomic E-state index is 0.401. The molecule has 2 rings (SSSR count). The second-order valence-electron chi connectivity index (χ2n) is 4.12. The Balaban J connectivity index is 2.20. The van der Waals surface area contributed by atoms with Gasteiger partial charge >= 0.3 is 0 Å². The van der Waals surface area contributed by atoms with E-state index in [9.17, 15) is 0 Å². The molecule has 0 spiro atoms. The lowest BCUT2D eigenvalue weighted by Gasteiger charge is -2.11. The number of aromatic nitrogens is 2. The maximum atomic E-state index is 4.45. The predicted octanol–water partition coefficient (Wildman–Crippen LogP) is 2.08. The Kier molecular flexibility index (Phi) is 2.35. The van der Waals surface area contributed by atoms with Crippen LogP contribution in [0.15, 0.2) is 6.07 Å². The van der Waals surface area contributed by atoms with Gasteiger partial charge in [-0.25, -0.2) is 4.68 Å². The minimum atomic E-state index is 0.401. The van der Waals surface area contributed by atoms with E-state index in [2.05, 4.69) is 35.6 Å². The van der Waals surface area contributed by atoms with Crippen LogP contribution >= 0.6 is 0 Å². The normalized spacial score (nSPS) is 16.0. The number of hydrogen-bond donors (Lipinski definition) is 2. The van der Waals surface area contributed by atoms with Crippen molar-refractivity contribution >= 4 is 11.6 Å². The van der Waals surface area contributed by atoms with Gasteiger partial charge in [0.1, 0.15) is 11.6 Å². The lowest BCUT2D eigenvalue weighted by molar-refractivity contribution is 0.539. The first-order chi connectivity index (χ1) is 6.70. The zero-order valence-corrected chi connectivity index (χ0v) is 9.04. The summed E-state index contributed by atoms with van der Waals surface area (Å²) in [6.45, 7) is 4.29. The van der Waals surface area contributed by atoms with E-state index in [1.807, 2.05) is 11.7 Å². The molecule has 1 aliphatic rings. The summed E-state index contributed by atoms with van der Waals surface area (Å²) in [6, 6.07) is 3.14. The van der Waals surface area contributed by atoms with Gasteiger partial charge in [-0.05, 0) is 26.7 Å². The molecule has 0 aliphatic heterocycles. The van der Waals surface area contributed by atoms with Gasteiger partial charge in [-0.3, -0.25) is 0 Å². The van der Waals surface area contributed by atoms with Crippen LogP contribution in [0.25, 0.3) is 0 Å². The summed E-state index contributed by atoms with van der Waals surface area (Å²) in [7, 11) is 1.90. The summed E-state index contributed by atoms with van der Waals surface area (Å²) in [5.74, 6) is 2.06. The van der Waals surface area contributed by atoms with E-state index in [0.29, 0.717) is 12.1 Å². The zero-order valence-electron chi connectivity index (χ0n) is 9.04. The number of rotatable bonds is 4. The highest BCUT2D eigenvalue weighted by atomic mass is 15.4. The van der Waals surface area contributed by atoms with Crippen LogP contribution < -0.4 is 10.6 Å². The van der Waals surface area contributed by atoms with Crippen molar-refractivity contribution in [3.63, 3.8) is 0 Å². The van der Waals surface area contributed by atoms with Crippen LogP contribution in [0.3, 0.4) is 0 Å². The molecule has 0 unspecified atom stereocenters. The molecule has 4 heteroatoms. The quantitative estimate of drug-likeness (QED) is 0.771. The van der Waals surface area contributed by atoms with Gasteiger partial charge in [0.25, 0.3) is 0 Å².